The number of anilines is 1. The van der Waals surface area contributed by atoms with Crippen LogP contribution in [-0.2, 0) is 5.60 Å². The molecule has 10 heteroatoms. The minimum absolute atomic E-state index is 0.0446. The van der Waals surface area contributed by atoms with Crippen molar-refractivity contribution in [3.63, 3.8) is 0 Å². The first-order chi connectivity index (χ1) is 11.8. The van der Waals surface area contributed by atoms with Gasteiger partial charge in [-0.05, 0) is 36.4 Å². The molecule has 0 aliphatic rings. The fourth-order valence-electron chi connectivity index (χ4n) is 2.44. The van der Waals surface area contributed by atoms with Gasteiger partial charge in [0.15, 0.2) is 0 Å². The number of nitrogens with one attached hydrogen (secondary N) is 1. The normalized spacial score (nSPS) is 13.0. The Balaban J connectivity index is 2.50. The summed E-state index contributed by atoms with van der Waals surface area (Å²) in [6.45, 7) is 2.49. The lowest BCUT2D eigenvalue weighted by Crippen LogP contribution is -2.54. The minimum atomic E-state index is -5.97. The van der Waals surface area contributed by atoms with Crippen molar-refractivity contribution in [1.82, 2.24) is 0 Å². The maximum atomic E-state index is 13.0. The largest absolute Gasteiger partial charge is 0.430 e. The van der Waals surface area contributed by atoms with Crippen LogP contribution in [0.4, 0.5) is 32.0 Å². The first-order valence-corrected chi connectivity index (χ1v) is 7.99. The molecule has 1 heterocycles. The number of halogens is 6. The Morgan fingerprint density at radius 2 is 1.54 bits per heavy atom. The Morgan fingerprint density at radius 1 is 1.04 bits per heavy atom. The van der Waals surface area contributed by atoms with Crippen molar-refractivity contribution in [3.05, 3.63) is 51.2 Å². The summed E-state index contributed by atoms with van der Waals surface area (Å²) in [5.41, 5.74) is -6.37. The average molecular weight is 397 g/mol. The van der Waals surface area contributed by atoms with E-state index in [0.717, 1.165) is 11.3 Å². The summed E-state index contributed by atoms with van der Waals surface area (Å²) in [6, 6.07) is 4.27. The summed E-state index contributed by atoms with van der Waals surface area (Å²) >= 11 is 1.13. The van der Waals surface area contributed by atoms with E-state index in [-0.39, 0.29) is 16.8 Å². The molecule has 2 rings (SSSR count). The van der Waals surface area contributed by atoms with Gasteiger partial charge in [-0.2, -0.15) is 26.3 Å². The third kappa shape index (κ3) is 3.43. The zero-order chi connectivity index (χ0) is 19.9. The lowest BCUT2D eigenvalue weighted by atomic mass is 9.89. The van der Waals surface area contributed by atoms with Crippen molar-refractivity contribution in [3.8, 4) is 0 Å². The van der Waals surface area contributed by atoms with Crippen LogP contribution >= 0.6 is 11.3 Å². The number of carbonyl (C=O) groups is 1. The second kappa shape index (κ2) is 6.58. The lowest BCUT2D eigenvalue weighted by Gasteiger charge is -2.33. The number of thiophene rings is 1. The van der Waals surface area contributed by atoms with E-state index in [9.17, 15) is 36.2 Å². The molecular formula is C16H13F6NO2S. The average Bonchev–Trinajstić information content (AvgIpc) is 3.01. The van der Waals surface area contributed by atoms with Crippen molar-refractivity contribution >= 4 is 22.9 Å². The molecule has 0 fully saturated rings. The van der Waals surface area contributed by atoms with E-state index < -0.39 is 29.4 Å². The van der Waals surface area contributed by atoms with Crippen molar-refractivity contribution in [2.75, 3.05) is 5.32 Å². The topological polar surface area (TPSA) is 49.3 Å². The monoisotopic (exact) mass is 397 g/mol. The molecule has 0 spiro atoms. The van der Waals surface area contributed by atoms with Gasteiger partial charge in [0, 0.05) is 11.3 Å². The smallest absolute Gasteiger partial charge is 0.369 e. The highest BCUT2D eigenvalue weighted by atomic mass is 32.1. The first-order valence-electron chi connectivity index (χ1n) is 7.11. The van der Waals surface area contributed by atoms with Gasteiger partial charge < -0.3 is 10.4 Å². The zero-order valence-corrected chi connectivity index (χ0v) is 14.2. The molecule has 0 radical (unpaired) electrons. The number of aliphatic hydroxyl groups is 1. The summed E-state index contributed by atoms with van der Waals surface area (Å²) in [4.78, 5) is 12.4. The molecule has 0 aliphatic heterocycles. The van der Waals surface area contributed by atoms with Crippen molar-refractivity contribution < 1.29 is 36.2 Å². The number of hydrogen-bond acceptors (Lipinski definition) is 3. The van der Waals surface area contributed by atoms with Crippen LogP contribution in [0.1, 0.15) is 26.4 Å². The molecule has 1 aromatic carbocycles. The second-order valence-corrected chi connectivity index (χ2v) is 6.57. The SMILES string of the molecule is Cc1cc(C(O)(C(F)(F)F)C(F)(F)F)cc(C)c1NC(=O)c1cccs1. The molecule has 1 aromatic heterocycles. The minimum Gasteiger partial charge on any atom is -0.369 e. The molecule has 0 bridgehead atoms. The summed E-state index contributed by atoms with van der Waals surface area (Å²) in [5.74, 6) is -0.541. The van der Waals surface area contributed by atoms with Crippen molar-refractivity contribution in [1.29, 1.82) is 0 Å². The Labute approximate surface area is 148 Å². The van der Waals surface area contributed by atoms with E-state index in [1.54, 1.807) is 11.4 Å². The number of benzene rings is 1. The lowest BCUT2D eigenvalue weighted by molar-refractivity contribution is -0.376. The van der Waals surface area contributed by atoms with Crippen LogP contribution in [0.2, 0.25) is 0 Å². The molecular weight excluding hydrogens is 384 g/mol. The van der Waals surface area contributed by atoms with Crippen molar-refractivity contribution in [2.24, 2.45) is 0 Å². The molecule has 0 aliphatic carbocycles. The van der Waals surface area contributed by atoms with Gasteiger partial charge in [0.1, 0.15) is 0 Å². The molecule has 26 heavy (non-hydrogen) atoms. The summed E-state index contributed by atoms with van der Waals surface area (Å²) < 4.78 is 78.0. The molecule has 142 valence electrons. The Bertz CT molecular complexity index is 774. The van der Waals surface area contributed by atoms with Crippen LogP contribution in [0.15, 0.2) is 29.6 Å². The number of hydrogen-bond donors (Lipinski definition) is 2. The van der Waals surface area contributed by atoms with E-state index in [1.165, 1.54) is 19.9 Å². The quantitative estimate of drug-likeness (QED) is 0.722. The van der Waals surface area contributed by atoms with E-state index in [0.29, 0.717) is 17.0 Å². The van der Waals surface area contributed by atoms with E-state index >= 15 is 0 Å². The maximum absolute atomic E-state index is 13.0. The highest BCUT2D eigenvalue weighted by molar-refractivity contribution is 7.12. The van der Waals surface area contributed by atoms with E-state index in [1.807, 2.05) is 0 Å². The molecule has 3 nitrogen and oxygen atoms in total. The Kier molecular flexibility index (Phi) is 5.13. The van der Waals surface area contributed by atoms with Gasteiger partial charge in [-0.1, -0.05) is 18.2 Å². The number of rotatable bonds is 3. The van der Waals surface area contributed by atoms with Crippen LogP contribution in [0, 0.1) is 13.8 Å². The fraction of sp³-hybridized carbons (Fsp3) is 0.312. The molecule has 0 saturated carbocycles. The van der Waals surface area contributed by atoms with Crippen molar-refractivity contribution in [2.45, 2.75) is 31.8 Å². The zero-order valence-electron chi connectivity index (χ0n) is 13.4. The number of carbonyl (C=O) groups excluding carboxylic acids is 1. The first kappa shape index (κ1) is 20.2. The van der Waals surface area contributed by atoms with E-state index in [2.05, 4.69) is 5.32 Å². The van der Waals surface area contributed by atoms with Gasteiger partial charge in [0.25, 0.3) is 11.5 Å². The molecule has 2 N–H and O–H groups in total. The number of aryl methyl sites for hydroxylation is 2. The van der Waals surface area contributed by atoms with Crippen LogP contribution in [-0.4, -0.2) is 23.4 Å². The standard InChI is InChI=1S/C16H13F6NO2S/c1-8-6-10(14(25,15(17,18)19)16(20,21)22)7-9(2)12(8)23-13(24)11-4-3-5-26-11/h3-7,25H,1-2H3,(H,23,24). The maximum Gasteiger partial charge on any atom is 0.430 e. The molecule has 0 unspecified atom stereocenters. The van der Waals surface area contributed by atoms with Crippen LogP contribution in [0.3, 0.4) is 0 Å². The molecule has 1 amide bonds. The second-order valence-electron chi connectivity index (χ2n) is 5.62. The van der Waals surface area contributed by atoms with Gasteiger partial charge in [0.05, 0.1) is 4.88 Å². The fourth-order valence-corrected chi connectivity index (χ4v) is 3.06. The van der Waals surface area contributed by atoms with Gasteiger partial charge in [-0.25, -0.2) is 0 Å². The summed E-state index contributed by atoms with van der Waals surface area (Å²) in [5, 5.41) is 13.6. The molecule has 2 aromatic rings. The third-order valence-electron chi connectivity index (χ3n) is 3.75. The predicted octanol–water partition coefficient (Wildman–Crippen LogP) is 4.93. The highest BCUT2D eigenvalue weighted by Crippen LogP contribution is 2.50. The number of amides is 1. The molecule has 0 atom stereocenters. The summed E-state index contributed by atoms with van der Waals surface area (Å²) in [6.07, 6.45) is -11.9. The molecule has 0 saturated heterocycles. The third-order valence-corrected chi connectivity index (χ3v) is 4.62. The predicted molar refractivity (Wildman–Crippen MR) is 84.2 cm³/mol. The van der Waals surface area contributed by atoms with Crippen LogP contribution < -0.4 is 5.32 Å². The van der Waals surface area contributed by atoms with E-state index in [4.69, 9.17) is 0 Å². The van der Waals surface area contributed by atoms with Gasteiger partial charge in [-0.3, -0.25) is 4.79 Å². The number of alkyl halides is 6. The van der Waals surface area contributed by atoms with Crippen LogP contribution in [0.25, 0.3) is 0 Å². The summed E-state index contributed by atoms with van der Waals surface area (Å²) in [7, 11) is 0. The van der Waals surface area contributed by atoms with Gasteiger partial charge >= 0.3 is 12.4 Å². The van der Waals surface area contributed by atoms with Gasteiger partial charge in [0.2, 0.25) is 0 Å². The Morgan fingerprint density at radius 3 is 1.92 bits per heavy atom. The van der Waals surface area contributed by atoms with Gasteiger partial charge in [-0.15, -0.1) is 11.3 Å². The Hall–Kier alpha value is -2.07. The highest BCUT2D eigenvalue weighted by Gasteiger charge is 2.71. The van der Waals surface area contributed by atoms with Crippen LogP contribution in [0.5, 0.6) is 0 Å².